The first-order valence-corrected chi connectivity index (χ1v) is 8.33. The topological polar surface area (TPSA) is 72.9 Å². The van der Waals surface area contributed by atoms with Crippen molar-refractivity contribution in [1.29, 1.82) is 0 Å². The number of anilines is 1. The van der Waals surface area contributed by atoms with E-state index in [9.17, 15) is 13.2 Å². The van der Waals surface area contributed by atoms with Crippen LogP contribution in [0.15, 0.2) is 47.4 Å². The lowest BCUT2D eigenvalue weighted by molar-refractivity contribution is 0.101. The lowest BCUT2D eigenvalue weighted by atomic mass is 10.2. The van der Waals surface area contributed by atoms with Crippen molar-refractivity contribution in [3.05, 3.63) is 48.0 Å². The van der Waals surface area contributed by atoms with Gasteiger partial charge in [0.1, 0.15) is 0 Å². The van der Waals surface area contributed by atoms with Gasteiger partial charge in [0.15, 0.2) is 17.3 Å². The van der Waals surface area contributed by atoms with Gasteiger partial charge < -0.3 is 9.47 Å². The van der Waals surface area contributed by atoms with Crippen molar-refractivity contribution in [2.45, 2.75) is 11.8 Å². The van der Waals surface area contributed by atoms with Crippen LogP contribution in [0, 0.1) is 0 Å². The maximum atomic E-state index is 12.8. The van der Waals surface area contributed by atoms with Crippen molar-refractivity contribution < 1.29 is 22.7 Å². The highest BCUT2D eigenvalue weighted by Crippen LogP contribution is 2.36. The molecule has 1 aliphatic heterocycles. The van der Waals surface area contributed by atoms with Crippen LogP contribution in [-0.2, 0) is 10.0 Å². The molecule has 2 aromatic rings. The Morgan fingerprint density at radius 1 is 1.09 bits per heavy atom. The van der Waals surface area contributed by atoms with Gasteiger partial charge in [-0.25, -0.2) is 8.42 Å². The van der Waals surface area contributed by atoms with E-state index in [2.05, 4.69) is 0 Å². The summed E-state index contributed by atoms with van der Waals surface area (Å²) < 4.78 is 37.1. The second-order valence-corrected chi connectivity index (χ2v) is 7.06. The fraction of sp³-hybridized carbons (Fsp3) is 0.188. The minimum absolute atomic E-state index is 0.0605. The molecule has 1 aliphatic rings. The maximum absolute atomic E-state index is 12.8. The van der Waals surface area contributed by atoms with Gasteiger partial charge in [0.05, 0.1) is 10.6 Å². The van der Waals surface area contributed by atoms with Gasteiger partial charge in [-0.2, -0.15) is 0 Å². The van der Waals surface area contributed by atoms with Gasteiger partial charge in [-0.1, -0.05) is 12.1 Å². The van der Waals surface area contributed by atoms with Crippen LogP contribution in [0.4, 0.5) is 5.69 Å². The second kappa shape index (κ2) is 5.58. The Morgan fingerprint density at radius 3 is 2.57 bits per heavy atom. The van der Waals surface area contributed by atoms with Crippen LogP contribution in [-0.4, -0.2) is 28.0 Å². The first-order valence-electron chi connectivity index (χ1n) is 6.89. The number of Topliss-reactive ketones (excluding diaryl/α,β-unsaturated/α-hetero) is 1. The first kappa shape index (κ1) is 15.4. The summed E-state index contributed by atoms with van der Waals surface area (Å²) in [5, 5.41) is 0. The summed E-state index contributed by atoms with van der Waals surface area (Å²) in [4.78, 5) is 11.5. The van der Waals surface area contributed by atoms with Crippen molar-refractivity contribution >= 4 is 21.5 Å². The molecule has 0 aliphatic carbocycles. The fourth-order valence-corrected chi connectivity index (χ4v) is 3.49. The van der Waals surface area contributed by atoms with Gasteiger partial charge in [-0.15, -0.1) is 0 Å². The first-order chi connectivity index (χ1) is 10.9. The average molecular weight is 333 g/mol. The predicted molar refractivity (Wildman–Crippen MR) is 84.6 cm³/mol. The summed E-state index contributed by atoms with van der Waals surface area (Å²) in [6.45, 7) is 1.52. The summed E-state index contributed by atoms with van der Waals surface area (Å²) in [5.41, 5.74) is 0.799. The number of hydrogen-bond acceptors (Lipinski definition) is 5. The number of carbonyl (C=O) groups is 1. The van der Waals surface area contributed by atoms with Crippen molar-refractivity contribution in [3.8, 4) is 11.5 Å². The zero-order valence-corrected chi connectivity index (χ0v) is 13.5. The highest BCUT2D eigenvalue weighted by atomic mass is 32.2. The van der Waals surface area contributed by atoms with Gasteiger partial charge >= 0.3 is 0 Å². The van der Waals surface area contributed by atoms with Crippen molar-refractivity contribution in [2.24, 2.45) is 0 Å². The van der Waals surface area contributed by atoms with Gasteiger partial charge in [0, 0.05) is 18.7 Å². The molecule has 6 nitrogen and oxygen atoms in total. The van der Waals surface area contributed by atoms with Crippen molar-refractivity contribution in [1.82, 2.24) is 0 Å². The molecule has 0 saturated heterocycles. The molecule has 23 heavy (non-hydrogen) atoms. The number of carbonyl (C=O) groups excluding carboxylic acids is 1. The molecule has 0 fully saturated rings. The molecule has 0 unspecified atom stereocenters. The number of benzene rings is 2. The number of ether oxygens (including phenoxy) is 2. The quantitative estimate of drug-likeness (QED) is 0.804. The third-order valence-electron chi connectivity index (χ3n) is 3.62. The molecule has 0 N–H and O–H groups in total. The summed E-state index contributed by atoms with van der Waals surface area (Å²) in [5.74, 6) is 0.896. The average Bonchev–Trinajstić information content (AvgIpc) is 3.01. The number of nitrogens with zero attached hydrogens (tertiary/aromatic N) is 1. The van der Waals surface area contributed by atoms with Gasteiger partial charge in [0.2, 0.25) is 6.79 Å². The molecule has 0 amide bonds. The Balaban J connectivity index is 1.99. The van der Waals surface area contributed by atoms with Crippen LogP contribution >= 0.6 is 0 Å². The lowest BCUT2D eigenvalue weighted by Gasteiger charge is -2.20. The Hall–Kier alpha value is -2.54. The molecule has 0 radical (unpaired) electrons. The number of sulfonamides is 1. The fourth-order valence-electron chi connectivity index (χ4n) is 2.25. The third-order valence-corrected chi connectivity index (χ3v) is 5.40. The molecule has 0 saturated carbocycles. The lowest BCUT2D eigenvalue weighted by Crippen LogP contribution is -2.26. The van der Waals surface area contributed by atoms with Crippen molar-refractivity contribution in [2.75, 3.05) is 18.1 Å². The molecular formula is C16H15NO5S. The van der Waals surface area contributed by atoms with E-state index in [1.165, 1.54) is 26.1 Å². The van der Waals surface area contributed by atoms with E-state index in [0.29, 0.717) is 22.7 Å². The normalized spacial score (nSPS) is 13.0. The maximum Gasteiger partial charge on any atom is 0.264 e. The van der Waals surface area contributed by atoms with E-state index in [1.54, 1.807) is 30.3 Å². The van der Waals surface area contributed by atoms with Crippen LogP contribution < -0.4 is 13.8 Å². The monoisotopic (exact) mass is 333 g/mol. The van der Waals surface area contributed by atoms with Crippen molar-refractivity contribution in [3.63, 3.8) is 0 Å². The number of ketones is 1. The number of fused-ring (bicyclic) bond motifs is 1. The molecule has 0 bridgehead atoms. The van der Waals surface area contributed by atoms with Crippen LogP contribution in [0.25, 0.3) is 0 Å². The van der Waals surface area contributed by atoms with Gasteiger partial charge in [-0.3, -0.25) is 9.10 Å². The molecule has 120 valence electrons. The summed E-state index contributed by atoms with van der Waals surface area (Å²) >= 11 is 0. The zero-order chi connectivity index (χ0) is 16.6. The number of rotatable bonds is 4. The van der Waals surface area contributed by atoms with E-state index >= 15 is 0 Å². The Morgan fingerprint density at radius 2 is 1.83 bits per heavy atom. The van der Waals surface area contributed by atoms with E-state index in [4.69, 9.17) is 9.47 Å². The summed E-state index contributed by atoms with van der Waals surface area (Å²) in [7, 11) is -2.33. The predicted octanol–water partition coefficient (Wildman–Crippen LogP) is 2.44. The number of hydrogen-bond donors (Lipinski definition) is 0. The zero-order valence-electron chi connectivity index (χ0n) is 12.6. The highest BCUT2D eigenvalue weighted by Gasteiger charge is 2.24. The van der Waals surface area contributed by atoms with Crippen LogP contribution in [0.2, 0.25) is 0 Å². The standard InChI is InChI=1S/C16H15NO5S/c1-11(18)12-4-3-5-14(8-12)23(19,20)17(2)13-6-7-15-16(9-13)22-10-21-15/h3-9H,10H2,1-2H3. The van der Waals surface area contributed by atoms with E-state index in [1.807, 2.05) is 0 Å². The molecule has 0 atom stereocenters. The van der Waals surface area contributed by atoms with Crippen LogP contribution in [0.5, 0.6) is 11.5 Å². The molecule has 0 spiro atoms. The smallest absolute Gasteiger partial charge is 0.264 e. The summed E-state index contributed by atoms with van der Waals surface area (Å²) in [6, 6.07) is 10.9. The largest absolute Gasteiger partial charge is 0.454 e. The Bertz CT molecular complexity index is 876. The van der Waals surface area contributed by atoms with E-state index in [0.717, 1.165) is 4.31 Å². The summed E-state index contributed by atoms with van der Waals surface area (Å²) in [6.07, 6.45) is 0. The minimum Gasteiger partial charge on any atom is -0.454 e. The molecule has 2 aromatic carbocycles. The second-order valence-electron chi connectivity index (χ2n) is 5.09. The SMILES string of the molecule is CC(=O)c1cccc(S(=O)(=O)N(C)c2ccc3c(c2)OCO3)c1. The Kier molecular flexibility index (Phi) is 3.73. The third kappa shape index (κ3) is 2.75. The Labute approximate surface area is 134 Å². The minimum atomic E-state index is -3.78. The molecular weight excluding hydrogens is 318 g/mol. The van der Waals surface area contributed by atoms with Crippen LogP contribution in [0.3, 0.4) is 0 Å². The molecule has 3 rings (SSSR count). The molecule has 7 heteroatoms. The van der Waals surface area contributed by atoms with Gasteiger partial charge in [-0.05, 0) is 31.2 Å². The van der Waals surface area contributed by atoms with Crippen LogP contribution in [0.1, 0.15) is 17.3 Å². The van der Waals surface area contributed by atoms with E-state index < -0.39 is 10.0 Å². The molecule has 0 aromatic heterocycles. The van der Waals surface area contributed by atoms with E-state index in [-0.39, 0.29) is 17.5 Å². The molecule has 1 heterocycles. The highest BCUT2D eigenvalue weighted by molar-refractivity contribution is 7.92. The van der Waals surface area contributed by atoms with Gasteiger partial charge in [0.25, 0.3) is 10.0 Å².